The van der Waals surface area contributed by atoms with Gasteiger partial charge in [-0.15, -0.1) is 10.2 Å². The molecule has 0 N–H and O–H groups in total. The molecule has 146 valence electrons. The zero-order valence-electron chi connectivity index (χ0n) is 16.9. The summed E-state index contributed by atoms with van der Waals surface area (Å²) in [4.78, 5) is 5.09. The summed E-state index contributed by atoms with van der Waals surface area (Å²) in [5, 5.41) is 9.14. The lowest BCUT2D eigenvalue weighted by atomic mass is 9.96. The highest BCUT2D eigenvalue weighted by Crippen LogP contribution is 2.27. The Hall–Kier alpha value is -1.72. The van der Waals surface area contributed by atoms with Crippen molar-refractivity contribution in [1.29, 1.82) is 0 Å². The Bertz CT molecular complexity index is 730. The van der Waals surface area contributed by atoms with Crippen LogP contribution in [0.1, 0.15) is 61.3 Å². The number of nitrogens with zero attached hydrogens (tertiary/aromatic N) is 5. The zero-order chi connectivity index (χ0) is 18.6. The molecule has 1 aromatic carbocycles. The number of aromatic nitrogens is 3. The topological polar surface area (TPSA) is 37.2 Å². The van der Waals surface area contributed by atoms with E-state index in [2.05, 4.69) is 62.8 Å². The van der Waals surface area contributed by atoms with E-state index >= 15 is 0 Å². The second-order valence-electron chi connectivity index (χ2n) is 8.26. The minimum absolute atomic E-state index is 0.499. The maximum absolute atomic E-state index is 4.61. The van der Waals surface area contributed by atoms with Crippen LogP contribution in [0.5, 0.6) is 0 Å². The SMILES string of the molecule is CCc1ccc(CN2CCC[C@H](c3nnc(CN4CCCC4)n3C)C2)cc1. The number of hydrogen-bond donors (Lipinski definition) is 0. The van der Waals surface area contributed by atoms with E-state index in [4.69, 9.17) is 0 Å². The predicted molar refractivity (Wildman–Crippen MR) is 109 cm³/mol. The summed E-state index contributed by atoms with van der Waals surface area (Å²) >= 11 is 0. The molecular weight excluding hydrogens is 334 g/mol. The first-order valence-corrected chi connectivity index (χ1v) is 10.6. The first kappa shape index (κ1) is 18.6. The number of piperidine rings is 1. The van der Waals surface area contributed by atoms with Crippen LogP contribution >= 0.6 is 0 Å². The van der Waals surface area contributed by atoms with Gasteiger partial charge in [0.1, 0.15) is 11.6 Å². The number of hydrogen-bond acceptors (Lipinski definition) is 4. The maximum atomic E-state index is 4.61. The third-order valence-corrected chi connectivity index (χ3v) is 6.27. The van der Waals surface area contributed by atoms with Crippen molar-refractivity contribution in [3.63, 3.8) is 0 Å². The van der Waals surface area contributed by atoms with Crippen LogP contribution in [-0.4, -0.2) is 50.7 Å². The third-order valence-electron chi connectivity index (χ3n) is 6.27. The Morgan fingerprint density at radius 1 is 0.889 bits per heavy atom. The molecular formula is C22H33N5. The van der Waals surface area contributed by atoms with Crippen molar-refractivity contribution in [2.45, 2.75) is 58.0 Å². The third kappa shape index (κ3) is 4.41. The van der Waals surface area contributed by atoms with E-state index < -0.39 is 0 Å². The van der Waals surface area contributed by atoms with Crippen molar-refractivity contribution in [1.82, 2.24) is 24.6 Å². The molecule has 5 nitrogen and oxygen atoms in total. The Labute approximate surface area is 163 Å². The van der Waals surface area contributed by atoms with Crippen LogP contribution in [0.15, 0.2) is 24.3 Å². The van der Waals surface area contributed by atoms with Gasteiger partial charge in [-0.2, -0.15) is 0 Å². The lowest BCUT2D eigenvalue weighted by Gasteiger charge is -2.32. The van der Waals surface area contributed by atoms with Crippen LogP contribution in [0.2, 0.25) is 0 Å². The van der Waals surface area contributed by atoms with Gasteiger partial charge in [-0.25, -0.2) is 0 Å². The second kappa shape index (κ2) is 8.53. The number of rotatable bonds is 6. The molecule has 1 aromatic heterocycles. The molecule has 0 unspecified atom stereocenters. The molecule has 0 aliphatic carbocycles. The molecule has 0 amide bonds. The van der Waals surface area contributed by atoms with Crippen LogP contribution < -0.4 is 0 Å². The van der Waals surface area contributed by atoms with E-state index in [-0.39, 0.29) is 0 Å². The zero-order valence-corrected chi connectivity index (χ0v) is 16.9. The second-order valence-corrected chi connectivity index (χ2v) is 8.26. The smallest absolute Gasteiger partial charge is 0.146 e. The van der Waals surface area contributed by atoms with Crippen LogP contribution in [0.3, 0.4) is 0 Å². The molecule has 1 atom stereocenters. The number of aryl methyl sites for hydroxylation is 1. The summed E-state index contributed by atoms with van der Waals surface area (Å²) < 4.78 is 2.27. The van der Waals surface area contributed by atoms with Gasteiger partial charge in [-0.3, -0.25) is 9.80 Å². The molecule has 0 saturated carbocycles. The van der Waals surface area contributed by atoms with Gasteiger partial charge in [0.15, 0.2) is 0 Å². The molecule has 0 radical (unpaired) electrons. The molecule has 4 rings (SSSR count). The molecule has 2 saturated heterocycles. The van der Waals surface area contributed by atoms with Crippen molar-refractivity contribution in [2.75, 3.05) is 26.2 Å². The predicted octanol–water partition coefficient (Wildman–Crippen LogP) is 3.35. The van der Waals surface area contributed by atoms with Crippen molar-refractivity contribution >= 4 is 0 Å². The molecule has 5 heteroatoms. The van der Waals surface area contributed by atoms with Gasteiger partial charge in [0.2, 0.25) is 0 Å². The number of likely N-dealkylation sites (tertiary alicyclic amines) is 2. The molecule has 2 aromatic rings. The summed E-state index contributed by atoms with van der Waals surface area (Å²) in [6.07, 6.45) is 6.22. The Kier molecular flexibility index (Phi) is 5.89. The van der Waals surface area contributed by atoms with E-state index in [0.717, 1.165) is 31.9 Å². The average molecular weight is 368 g/mol. The Balaban J connectivity index is 1.39. The highest BCUT2D eigenvalue weighted by Gasteiger charge is 2.26. The van der Waals surface area contributed by atoms with E-state index in [1.54, 1.807) is 0 Å². The molecule has 2 aliphatic heterocycles. The van der Waals surface area contributed by atoms with Crippen molar-refractivity contribution in [3.8, 4) is 0 Å². The standard InChI is InChI=1S/C22H33N5/c1-3-18-8-10-19(11-9-18)15-27-14-6-7-20(16-27)22-24-23-21(25(22)2)17-26-12-4-5-13-26/h8-11,20H,3-7,12-17H2,1-2H3/t20-/m0/s1. The first-order valence-electron chi connectivity index (χ1n) is 10.6. The molecule has 0 spiro atoms. The van der Waals surface area contributed by atoms with Gasteiger partial charge in [0, 0.05) is 26.1 Å². The molecule has 3 heterocycles. The average Bonchev–Trinajstić information content (AvgIpc) is 3.33. The highest BCUT2D eigenvalue weighted by atomic mass is 15.3. The van der Waals surface area contributed by atoms with Crippen LogP contribution in [0.25, 0.3) is 0 Å². The van der Waals surface area contributed by atoms with Crippen LogP contribution in [0, 0.1) is 0 Å². The van der Waals surface area contributed by atoms with Gasteiger partial charge in [-0.1, -0.05) is 31.2 Å². The molecule has 2 fully saturated rings. The minimum atomic E-state index is 0.499. The highest BCUT2D eigenvalue weighted by molar-refractivity contribution is 5.22. The van der Waals surface area contributed by atoms with Gasteiger partial charge < -0.3 is 4.57 Å². The molecule has 27 heavy (non-hydrogen) atoms. The Morgan fingerprint density at radius 2 is 1.59 bits per heavy atom. The minimum Gasteiger partial charge on any atom is -0.317 e. The summed E-state index contributed by atoms with van der Waals surface area (Å²) in [5.41, 5.74) is 2.83. The molecule has 2 aliphatic rings. The summed E-state index contributed by atoms with van der Waals surface area (Å²) in [6.45, 7) is 8.88. The van der Waals surface area contributed by atoms with E-state index in [1.165, 1.54) is 62.3 Å². The normalized spacial score (nSPS) is 21.8. The van der Waals surface area contributed by atoms with Gasteiger partial charge in [0.05, 0.1) is 6.54 Å². The fraction of sp³-hybridized carbons (Fsp3) is 0.636. The monoisotopic (exact) mass is 367 g/mol. The maximum Gasteiger partial charge on any atom is 0.146 e. The lowest BCUT2D eigenvalue weighted by Crippen LogP contribution is -2.35. The lowest BCUT2D eigenvalue weighted by molar-refractivity contribution is 0.195. The van der Waals surface area contributed by atoms with E-state index in [0.29, 0.717) is 5.92 Å². The van der Waals surface area contributed by atoms with Gasteiger partial charge in [-0.05, 0) is 62.9 Å². The Morgan fingerprint density at radius 3 is 2.33 bits per heavy atom. The van der Waals surface area contributed by atoms with Gasteiger partial charge >= 0.3 is 0 Å². The number of benzene rings is 1. The fourth-order valence-corrected chi connectivity index (χ4v) is 4.56. The quantitative estimate of drug-likeness (QED) is 0.785. The van der Waals surface area contributed by atoms with E-state index in [1.807, 2.05) is 0 Å². The van der Waals surface area contributed by atoms with Crippen molar-refractivity contribution in [2.24, 2.45) is 7.05 Å². The van der Waals surface area contributed by atoms with Crippen LogP contribution in [0.4, 0.5) is 0 Å². The molecule has 0 bridgehead atoms. The summed E-state index contributed by atoms with van der Waals surface area (Å²) in [7, 11) is 2.16. The van der Waals surface area contributed by atoms with Gasteiger partial charge in [0.25, 0.3) is 0 Å². The first-order chi connectivity index (χ1) is 13.2. The van der Waals surface area contributed by atoms with Crippen molar-refractivity contribution < 1.29 is 0 Å². The summed E-state index contributed by atoms with van der Waals surface area (Å²) in [6, 6.07) is 9.12. The largest absolute Gasteiger partial charge is 0.317 e. The van der Waals surface area contributed by atoms with E-state index in [9.17, 15) is 0 Å². The fourth-order valence-electron chi connectivity index (χ4n) is 4.56. The van der Waals surface area contributed by atoms with Crippen LogP contribution in [-0.2, 0) is 26.6 Å². The van der Waals surface area contributed by atoms with Crippen molar-refractivity contribution in [3.05, 3.63) is 47.0 Å². The summed E-state index contributed by atoms with van der Waals surface area (Å²) in [5.74, 6) is 2.80.